The minimum Gasteiger partial charge on any atom is -0.495 e. The molecule has 1 aliphatic heterocycles. The van der Waals surface area contributed by atoms with Crippen LogP contribution in [0.2, 0.25) is 0 Å². The van der Waals surface area contributed by atoms with E-state index in [4.69, 9.17) is 10.5 Å². The molecule has 8 nitrogen and oxygen atoms in total. The van der Waals surface area contributed by atoms with E-state index in [-0.39, 0.29) is 6.04 Å². The molecule has 1 aliphatic rings. The maximum absolute atomic E-state index is 6.13. The van der Waals surface area contributed by atoms with Crippen molar-refractivity contribution in [1.82, 2.24) is 19.6 Å². The Morgan fingerprint density at radius 2 is 2.11 bits per heavy atom. The average molecular weight is 384 g/mol. The molecule has 1 atom stereocenters. The van der Waals surface area contributed by atoms with Crippen molar-refractivity contribution in [3.8, 4) is 5.75 Å². The number of nitrogens with zero attached hydrogens (tertiary/aromatic N) is 5. The lowest BCUT2D eigenvalue weighted by Gasteiger charge is -2.31. The van der Waals surface area contributed by atoms with Gasteiger partial charge >= 0.3 is 0 Å². The summed E-state index contributed by atoms with van der Waals surface area (Å²) in [5.74, 6) is 2.39. The van der Waals surface area contributed by atoms with E-state index in [2.05, 4.69) is 25.3 Å². The molecule has 28 heavy (non-hydrogen) atoms. The fourth-order valence-corrected chi connectivity index (χ4v) is 3.34. The first kappa shape index (κ1) is 19.9. The number of pyridine rings is 1. The SMILES string of the molecule is CC.COc1ccc(Nc2cc(N3CCCC(N)C3)nn3ccnc23)nc1C. The van der Waals surface area contributed by atoms with Crippen LogP contribution in [0.25, 0.3) is 5.65 Å². The van der Waals surface area contributed by atoms with Gasteiger partial charge in [0, 0.05) is 37.6 Å². The summed E-state index contributed by atoms with van der Waals surface area (Å²) in [6.45, 7) is 7.69. The number of nitrogens with two attached hydrogens (primary N) is 1. The van der Waals surface area contributed by atoms with Gasteiger partial charge in [-0.05, 0) is 31.9 Å². The Morgan fingerprint density at radius 3 is 2.82 bits per heavy atom. The third kappa shape index (κ3) is 4.17. The number of aryl methyl sites for hydroxylation is 1. The number of aromatic nitrogens is 4. The van der Waals surface area contributed by atoms with Crippen molar-refractivity contribution in [2.75, 3.05) is 30.4 Å². The minimum atomic E-state index is 0.186. The molecular formula is C20H29N7O. The van der Waals surface area contributed by atoms with Gasteiger partial charge in [0.25, 0.3) is 0 Å². The lowest BCUT2D eigenvalue weighted by Crippen LogP contribution is -2.43. The van der Waals surface area contributed by atoms with Crippen LogP contribution in [-0.4, -0.2) is 45.8 Å². The van der Waals surface area contributed by atoms with Gasteiger partial charge in [-0.25, -0.2) is 14.5 Å². The first-order valence-electron chi connectivity index (χ1n) is 9.77. The third-order valence-corrected chi connectivity index (χ3v) is 4.65. The standard InChI is InChI=1S/C18H23N7O.C2H6/c1-12-15(26-2)5-6-16(21-12)22-14-10-17(23-25-9-7-20-18(14)25)24-8-3-4-13(19)11-24;1-2/h5-7,9-10,13H,3-4,8,11,19H2,1-2H3,(H,21,22);1-2H3. The van der Waals surface area contributed by atoms with E-state index >= 15 is 0 Å². The Bertz CT molecular complexity index is 924. The molecule has 8 heteroatoms. The van der Waals surface area contributed by atoms with Crippen molar-refractivity contribution < 1.29 is 4.74 Å². The summed E-state index contributed by atoms with van der Waals surface area (Å²) in [5, 5.41) is 8.05. The van der Waals surface area contributed by atoms with Gasteiger partial charge in [-0.15, -0.1) is 5.10 Å². The van der Waals surface area contributed by atoms with Crippen LogP contribution in [0.5, 0.6) is 5.75 Å². The van der Waals surface area contributed by atoms with Gasteiger partial charge in [-0.3, -0.25) is 0 Å². The van der Waals surface area contributed by atoms with E-state index in [1.165, 1.54) is 0 Å². The molecule has 4 rings (SSSR count). The molecule has 0 aliphatic carbocycles. The minimum absolute atomic E-state index is 0.186. The normalized spacial score (nSPS) is 16.5. The quantitative estimate of drug-likeness (QED) is 0.715. The van der Waals surface area contributed by atoms with Gasteiger partial charge in [0.2, 0.25) is 0 Å². The Morgan fingerprint density at radius 1 is 1.29 bits per heavy atom. The summed E-state index contributed by atoms with van der Waals surface area (Å²) in [4.78, 5) is 11.2. The maximum atomic E-state index is 6.13. The maximum Gasteiger partial charge on any atom is 0.177 e. The molecule has 150 valence electrons. The Labute approximate surface area is 165 Å². The molecule has 4 heterocycles. The van der Waals surface area contributed by atoms with Crippen molar-refractivity contribution >= 4 is 23.0 Å². The van der Waals surface area contributed by atoms with Gasteiger partial charge in [0.05, 0.1) is 18.5 Å². The molecule has 0 amide bonds. The molecule has 1 unspecified atom stereocenters. The van der Waals surface area contributed by atoms with Gasteiger partial charge in [0.15, 0.2) is 11.5 Å². The van der Waals surface area contributed by atoms with Crippen LogP contribution in [0.1, 0.15) is 32.4 Å². The molecule has 1 fully saturated rings. The topological polar surface area (TPSA) is 93.6 Å². The zero-order chi connectivity index (χ0) is 20.1. The third-order valence-electron chi connectivity index (χ3n) is 4.65. The molecule has 0 spiro atoms. The highest BCUT2D eigenvalue weighted by atomic mass is 16.5. The monoisotopic (exact) mass is 383 g/mol. The van der Waals surface area contributed by atoms with Crippen molar-refractivity contribution in [3.63, 3.8) is 0 Å². The molecule has 0 radical (unpaired) electrons. The highest BCUT2D eigenvalue weighted by Crippen LogP contribution is 2.27. The van der Waals surface area contributed by atoms with Crippen LogP contribution in [0.4, 0.5) is 17.3 Å². The fraction of sp³-hybridized carbons (Fsp3) is 0.450. The Kier molecular flexibility index (Phi) is 6.30. The zero-order valence-corrected chi connectivity index (χ0v) is 17.0. The smallest absolute Gasteiger partial charge is 0.177 e. The zero-order valence-electron chi connectivity index (χ0n) is 17.0. The highest BCUT2D eigenvalue weighted by Gasteiger charge is 2.20. The van der Waals surface area contributed by atoms with Crippen molar-refractivity contribution in [3.05, 3.63) is 36.3 Å². The number of hydrogen-bond donors (Lipinski definition) is 2. The Balaban J connectivity index is 0.00000109. The van der Waals surface area contributed by atoms with Gasteiger partial charge in [-0.2, -0.15) is 0 Å². The number of fused-ring (bicyclic) bond motifs is 1. The number of ether oxygens (including phenoxy) is 1. The van der Waals surface area contributed by atoms with E-state index in [0.29, 0.717) is 0 Å². The molecule has 0 bridgehead atoms. The summed E-state index contributed by atoms with van der Waals surface area (Å²) < 4.78 is 7.07. The molecule has 3 aromatic heterocycles. The van der Waals surface area contributed by atoms with Gasteiger partial charge < -0.3 is 20.7 Å². The number of methoxy groups -OCH3 is 1. The van der Waals surface area contributed by atoms with Crippen molar-refractivity contribution in [2.24, 2.45) is 5.73 Å². The lowest BCUT2D eigenvalue weighted by atomic mass is 10.1. The number of hydrogen-bond acceptors (Lipinski definition) is 7. The fourth-order valence-electron chi connectivity index (χ4n) is 3.34. The molecular weight excluding hydrogens is 354 g/mol. The summed E-state index contributed by atoms with van der Waals surface area (Å²) in [6, 6.07) is 5.99. The predicted octanol–water partition coefficient (Wildman–Crippen LogP) is 3.14. The molecule has 0 aromatic carbocycles. The number of nitrogens with one attached hydrogen (secondary N) is 1. The van der Waals surface area contributed by atoms with Crippen molar-refractivity contribution in [2.45, 2.75) is 39.7 Å². The molecule has 3 aromatic rings. The van der Waals surface area contributed by atoms with Crippen LogP contribution in [-0.2, 0) is 0 Å². The first-order valence-corrected chi connectivity index (χ1v) is 9.77. The lowest BCUT2D eigenvalue weighted by molar-refractivity contribution is 0.409. The van der Waals surface area contributed by atoms with E-state index in [9.17, 15) is 0 Å². The van der Waals surface area contributed by atoms with Crippen LogP contribution >= 0.6 is 0 Å². The number of piperidine rings is 1. The molecule has 3 N–H and O–H groups in total. The first-order chi connectivity index (χ1) is 13.6. The van der Waals surface area contributed by atoms with E-state index < -0.39 is 0 Å². The number of imidazole rings is 1. The summed E-state index contributed by atoms with van der Waals surface area (Å²) in [6.07, 6.45) is 5.73. The molecule has 1 saturated heterocycles. The second-order valence-electron chi connectivity index (χ2n) is 6.57. The van der Waals surface area contributed by atoms with Gasteiger partial charge in [0.1, 0.15) is 11.6 Å². The summed E-state index contributed by atoms with van der Waals surface area (Å²) >= 11 is 0. The van der Waals surface area contributed by atoms with Gasteiger partial charge in [-0.1, -0.05) is 13.8 Å². The van der Waals surface area contributed by atoms with E-state index in [1.54, 1.807) is 17.8 Å². The number of rotatable bonds is 4. The highest BCUT2D eigenvalue weighted by molar-refractivity contribution is 5.75. The average Bonchev–Trinajstić information content (AvgIpc) is 3.19. The van der Waals surface area contributed by atoms with Crippen LogP contribution < -0.4 is 20.7 Å². The second kappa shape index (κ2) is 8.88. The predicted molar refractivity (Wildman–Crippen MR) is 113 cm³/mol. The number of anilines is 3. The summed E-state index contributed by atoms with van der Waals surface area (Å²) in [5.41, 5.74) is 8.57. The van der Waals surface area contributed by atoms with Crippen LogP contribution in [0.15, 0.2) is 30.6 Å². The van der Waals surface area contributed by atoms with Crippen LogP contribution in [0.3, 0.4) is 0 Å². The Hall–Kier alpha value is -2.87. The largest absolute Gasteiger partial charge is 0.495 e. The van der Waals surface area contributed by atoms with E-state index in [1.807, 2.05) is 45.2 Å². The second-order valence-corrected chi connectivity index (χ2v) is 6.57. The van der Waals surface area contributed by atoms with Crippen molar-refractivity contribution in [1.29, 1.82) is 0 Å². The van der Waals surface area contributed by atoms with E-state index in [0.717, 1.165) is 60.3 Å². The molecule has 0 saturated carbocycles. The summed E-state index contributed by atoms with van der Waals surface area (Å²) in [7, 11) is 1.64. The van der Waals surface area contributed by atoms with Crippen LogP contribution in [0, 0.1) is 6.92 Å².